The average Bonchev–Trinajstić information content (AvgIpc) is 2.70. The van der Waals surface area contributed by atoms with E-state index in [-0.39, 0.29) is 16.8 Å². The Balaban J connectivity index is 6.74. The van der Waals surface area contributed by atoms with E-state index in [2.05, 4.69) is 104 Å². The molecular formula is C33H69AlO3. The van der Waals surface area contributed by atoms with Crippen molar-refractivity contribution in [2.45, 2.75) is 178 Å². The summed E-state index contributed by atoms with van der Waals surface area (Å²) in [6.45, 7) is 34.8. The van der Waals surface area contributed by atoms with E-state index in [0.29, 0.717) is 35.5 Å². The SMILES string of the molecule is CCC(CC(C)C)(CC(C)C)[O][Al]([O]C(CC)(CC(C)C)CC(C)C)[O]C(CC)(CC(C)C)CC(C)C. The minimum Gasteiger partial charge on any atom is -0.449 e. The molecule has 0 spiro atoms. The summed E-state index contributed by atoms with van der Waals surface area (Å²) >= 11 is -2.51. The van der Waals surface area contributed by atoms with Crippen molar-refractivity contribution in [3.63, 3.8) is 0 Å². The summed E-state index contributed by atoms with van der Waals surface area (Å²) in [5.74, 6) is 3.40. The fourth-order valence-electron chi connectivity index (χ4n) is 6.80. The van der Waals surface area contributed by atoms with Crippen molar-refractivity contribution in [3.8, 4) is 0 Å². The predicted octanol–water partition coefficient (Wildman–Crippen LogP) is 10.7. The van der Waals surface area contributed by atoms with Crippen molar-refractivity contribution in [3.05, 3.63) is 0 Å². The Morgan fingerprint density at radius 3 is 0.649 bits per heavy atom. The smallest absolute Gasteiger partial charge is 0.449 e. The van der Waals surface area contributed by atoms with Gasteiger partial charge in [-0.25, -0.2) is 0 Å². The molecule has 0 saturated heterocycles. The molecule has 0 aromatic carbocycles. The normalized spacial score (nSPS) is 13.9. The summed E-state index contributed by atoms with van der Waals surface area (Å²) in [7, 11) is 0. The molecule has 0 aliphatic carbocycles. The first kappa shape index (κ1) is 37.4. The third kappa shape index (κ3) is 14.6. The van der Waals surface area contributed by atoms with E-state index >= 15 is 0 Å². The van der Waals surface area contributed by atoms with Crippen molar-refractivity contribution >= 4 is 15.1 Å². The molecule has 0 N–H and O–H groups in total. The fraction of sp³-hybridized carbons (Fsp3) is 1.00. The van der Waals surface area contributed by atoms with Crippen molar-refractivity contribution in [1.29, 1.82) is 0 Å². The summed E-state index contributed by atoms with van der Waals surface area (Å²) in [5, 5.41) is 0. The molecule has 0 aromatic rings. The molecule has 0 heterocycles. The van der Waals surface area contributed by atoms with Crippen LogP contribution in [0.25, 0.3) is 0 Å². The van der Waals surface area contributed by atoms with E-state index in [0.717, 1.165) is 57.8 Å². The first-order valence-corrected chi connectivity index (χ1v) is 17.4. The third-order valence-corrected chi connectivity index (χ3v) is 9.73. The van der Waals surface area contributed by atoms with Crippen LogP contribution in [0.1, 0.15) is 162 Å². The van der Waals surface area contributed by atoms with E-state index in [1.807, 2.05) is 0 Å². The fourth-order valence-corrected chi connectivity index (χ4v) is 9.25. The highest BCUT2D eigenvalue weighted by atomic mass is 27.3. The maximum atomic E-state index is 7.34. The quantitative estimate of drug-likeness (QED) is 0.135. The second-order valence-electron chi connectivity index (χ2n) is 14.8. The Bertz CT molecular complexity index is 471. The van der Waals surface area contributed by atoms with Gasteiger partial charge in [-0.2, -0.15) is 0 Å². The van der Waals surface area contributed by atoms with Crippen molar-refractivity contribution in [1.82, 2.24) is 0 Å². The van der Waals surface area contributed by atoms with E-state index in [4.69, 9.17) is 11.4 Å². The molecule has 0 atom stereocenters. The standard InChI is InChI=1S/3C11H23O.Al/c3*1-6-11(12,7-9(2)3)8-10(4)5;/h3*9-10H,6-8H2,1-5H3;/q3*-1;+3. The Kier molecular flexibility index (Phi) is 17.5. The van der Waals surface area contributed by atoms with Gasteiger partial charge in [0.15, 0.2) is 0 Å². The van der Waals surface area contributed by atoms with Gasteiger partial charge >= 0.3 is 15.1 Å². The van der Waals surface area contributed by atoms with Crippen LogP contribution < -0.4 is 0 Å². The van der Waals surface area contributed by atoms with Gasteiger partial charge in [0.25, 0.3) is 0 Å². The zero-order chi connectivity index (χ0) is 29.0. The second-order valence-corrected chi connectivity index (χ2v) is 16.1. The Labute approximate surface area is 240 Å². The topological polar surface area (TPSA) is 27.7 Å². The lowest BCUT2D eigenvalue weighted by atomic mass is 9.83. The number of rotatable bonds is 21. The van der Waals surface area contributed by atoms with Crippen molar-refractivity contribution in [2.24, 2.45) is 35.5 Å². The molecule has 0 amide bonds. The number of hydrogen-bond donors (Lipinski definition) is 0. The summed E-state index contributed by atoms with van der Waals surface area (Å²) in [4.78, 5) is 0. The van der Waals surface area contributed by atoms with Gasteiger partial charge in [0.1, 0.15) is 0 Å². The molecule has 3 nitrogen and oxygen atoms in total. The van der Waals surface area contributed by atoms with Gasteiger partial charge in [0.2, 0.25) is 0 Å². The molecular weight excluding hydrogens is 471 g/mol. The first-order valence-electron chi connectivity index (χ1n) is 16.0. The second kappa shape index (κ2) is 17.3. The molecule has 0 aliphatic rings. The molecule has 222 valence electrons. The maximum absolute atomic E-state index is 7.34. The molecule has 0 aromatic heterocycles. The van der Waals surface area contributed by atoms with E-state index < -0.39 is 15.1 Å². The van der Waals surface area contributed by atoms with E-state index in [1.54, 1.807) is 0 Å². The van der Waals surface area contributed by atoms with Crippen LogP contribution >= 0.6 is 0 Å². The van der Waals surface area contributed by atoms with Crippen LogP contribution in [0.4, 0.5) is 0 Å². The van der Waals surface area contributed by atoms with Crippen molar-refractivity contribution < 1.29 is 11.4 Å². The van der Waals surface area contributed by atoms with Crippen LogP contribution in [0.3, 0.4) is 0 Å². The van der Waals surface area contributed by atoms with Crippen LogP contribution in [0.15, 0.2) is 0 Å². The Morgan fingerprint density at radius 2 is 0.541 bits per heavy atom. The Hall–Kier alpha value is 0.412. The van der Waals surface area contributed by atoms with Gasteiger partial charge in [-0.05, 0) is 93.3 Å². The van der Waals surface area contributed by atoms with E-state index in [9.17, 15) is 0 Å². The maximum Gasteiger partial charge on any atom is 0.906 e. The van der Waals surface area contributed by atoms with Gasteiger partial charge < -0.3 is 11.4 Å². The first-order chi connectivity index (χ1) is 17.0. The minimum atomic E-state index is -2.51. The van der Waals surface area contributed by atoms with Gasteiger partial charge in [-0.1, -0.05) is 104 Å². The van der Waals surface area contributed by atoms with Crippen molar-refractivity contribution in [2.75, 3.05) is 0 Å². The predicted molar refractivity (Wildman–Crippen MR) is 165 cm³/mol. The molecule has 37 heavy (non-hydrogen) atoms. The van der Waals surface area contributed by atoms with Gasteiger partial charge in [0.05, 0.1) is 0 Å². The molecule has 0 unspecified atom stereocenters. The zero-order valence-electron chi connectivity index (χ0n) is 28.1. The molecule has 0 bridgehead atoms. The van der Waals surface area contributed by atoms with Gasteiger partial charge in [-0.3, -0.25) is 0 Å². The zero-order valence-corrected chi connectivity index (χ0v) is 29.3. The molecule has 0 radical (unpaired) electrons. The molecule has 0 rings (SSSR count). The van der Waals surface area contributed by atoms with Crippen LogP contribution in [0, 0.1) is 35.5 Å². The lowest BCUT2D eigenvalue weighted by molar-refractivity contribution is -0.119. The van der Waals surface area contributed by atoms with Crippen LogP contribution in [-0.2, 0) is 11.4 Å². The highest BCUT2D eigenvalue weighted by Crippen LogP contribution is 2.40. The highest BCUT2D eigenvalue weighted by Gasteiger charge is 2.51. The van der Waals surface area contributed by atoms with Crippen LogP contribution in [0.5, 0.6) is 0 Å². The third-order valence-electron chi connectivity index (χ3n) is 7.65. The minimum absolute atomic E-state index is 0.191. The molecule has 4 heteroatoms. The lowest BCUT2D eigenvalue weighted by Gasteiger charge is -2.46. The molecule has 0 saturated carbocycles. The van der Waals surface area contributed by atoms with Crippen LogP contribution in [0.2, 0.25) is 0 Å². The Morgan fingerprint density at radius 1 is 0.378 bits per heavy atom. The molecule has 0 fully saturated rings. The summed E-state index contributed by atoms with van der Waals surface area (Å²) in [5.41, 5.74) is -0.573. The van der Waals surface area contributed by atoms with Gasteiger partial charge in [0, 0.05) is 16.8 Å². The van der Waals surface area contributed by atoms with Crippen LogP contribution in [-0.4, -0.2) is 32.0 Å². The summed E-state index contributed by atoms with van der Waals surface area (Å²) in [6, 6.07) is 0. The summed E-state index contributed by atoms with van der Waals surface area (Å²) in [6.07, 6.45) is 9.33. The number of hydrogen-bond acceptors (Lipinski definition) is 3. The monoisotopic (exact) mass is 541 g/mol. The average molecular weight is 541 g/mol. The highest BCUT2D eigenvalue weighted by molar-refractivity contribution is 6.37. The van der Waals surface area contributed by atoms with E-state index in [1.165, 1.54) is 0 Å². The largest absolute Gasteiger partial charge is 0.906 e. The van der Waals surface area contributed by atoms with Gasteiger partial charge in [-0.15, -0.1) is 0 Å². The summed E-state index contributed by atoms with van der Waals surface area (Å²) < 4.78 is 22.0. The lowest BCUT2D eigenvalue weighted by Crippen LogP contribution is -2.53. The molecule has 0 aliphatic heterocycles.